The maximum absolute atomic E-state index is 9.30. The molecule has 1 aliphatic rings. The summed E-state index contributed by atoms with van der Waals surface area (Å²) in [6, 6.07) is 0.970. The van der Waals surface area contributed by atoms with Crippen LogP contribution >= 0.6 is 0 Å². The first kappa shape index (κ1) is 12.0. The van der Waals surface area contributed by atoms with Crippen molar-refractivity contribution < 1.29 is 5.11 Å². The van der Waals surface area contributed by atoms with Crippen molar-refractivity contribution in [3.05, 3.63) is 0 Å². The van der Waals surface area contributed by atoms with Crippen LogP contribution in [0, 0.1) is 0 Å². The molecule has 1 aliphatic heterocycles. The van der Waals surface area contributed by atoms with Gasteiger partial charge in [0.05, 0.1) is 6.61 Å². The van der Waals surface area contributed by atoms with Crippen LogP contribution < -0.4 is 0 Å². The Bertz CT molecular complexity index is 163. The van der Waals surface area contributed by atoms with Gasteiger partial charge in [-0.15, -0.1) is 0 Å². The van der Waals surface area contributed by atoms with E-state index in [9.17, 15) is 5.11 Å². The van der Waals surface area contributed by atoms with E-state index in [1.54, 1.807) is 0 Å². The van der Waals surface area contributed by atoms with Gasteiger partial charge in [-0.3, -0.25) is 4.90 Å². The summed E-state index contributed by atoms with van der Waals surface area (Å²) in [4.78, 5) is 4.78. The summed E-state index contributed by atoms with van der Waals surface area (Å²) >= 11 is 0. The van der Waals surface area contributed by atoms with Gasteiger partial charge >= 0.3 is 0 Å². The lowest BCUT2D eigenvalue weighted by Crippen LogP contribution is -2.57. The first-order valence-corrected chi connectivity index (χ1v) is 5.74. The lowest BCUT2D eigenvalue weighted by atomic mass is 10.1. The molecular formula is C11H24N2O. The maximum Gasteiger partial charge on any atom is 0.0599 e. The molecule has 1 rings (SSSR count). The van der Waals surface area contributed by atoms with Gasteiger partial charge in [-0.2, -0.15) is 0 Å². The van der Waals surface area contributed by atoms with Gasteiger partial charge in [0.1, 0.15) is 0 Å². The largest absolute Gasteiger partial charge is 0.395 e. The summed E-state index contributed by atoms with van der Waals surface area (Å²) in [6.45, 7) is 8.00. The van der Waals surface area contributed by atoms with Crippen molar-refractivity contribution in [2.75, 3.05) is 33.3 Å². The van der Waals surface area contributed by atoms with Crippen molar-refractivity contribution in [1.29, 1.82) is 0 Å². The Morgan fingerprint density at radius 1 is 1.36 bits per heavy atom. The second-order valence-corrected chi connectivity index (χ2v) is 4.47. The molecular weight excluding hydrogens is 176 g/mol. The second-order valence-electron chi connectivity index (χ2n) is 4.47. The number of unbranched alkanes of at least 4 members (excludes halogenated alkanes) is 1. The van der Waals surface area contributed by atoms with Gasteiger partial charge in [0.2, 0.25) is 0 Å². The summed E-state index contributed by atoms with van der Waals surface area (Å²) in [6.07, 6.45) is 2.48. The molecule has 3 nitrogen and oxygen atoms in total. The molecule has 0 aliphatic carbocycles. The van der Waals surface area contributed by atoms with Gasteiger partial charge in [0, 0.05) is 25.2 Å². The van der Waals surface area contributed by atoms with Crippen LogP contribution in [0.5, 0.6) is 0 Å². The molecule has 1 heterocycles. The van der Waals surface area contributed by atoms with Crippen molar-refractivity contribution in [2.45, 2.75) is 38.8 Å². The van der Waals surface area contributed by atoms with Crippen LogP contribution in [0.2, 0.25) is 0 Å². The molecule has 0 aromatic rings. The smallest absolute Gasteiger partial charge is 0.0599 e. The number of aliphatic hydroxyl groups excluding tert-OH is 1. The fourth-order valence-corrected chi connectivity index (χ4v) is 2.06. The third-order valence-corrected chi connectivity index (χ3v) is 3.28. The Morgan fingerprint density at radius 2 is 2.07 bits per heavy atom. The van der Waals surface area contributed by atoms with E-state index in [0.717, 1.165) is 19.6 Å². The Hall–Kier alpha value is -0.120. The molecule has 2 atom stereocenters. The summed E-state index contributed by atoms with van der Waals surface area (Å²) in [5, 5.41) is 9.30. The third kappa shape index (κ3) is 2.94. The molecule has 14 heavy (non-hydrogen) atoms. The average molecular weight is 200 g/mol. The highest BCUT2D eigenvalue weighted by Gasteiger charge is 2.28. The number of hydrogen-bond donors (Lipinski definition) is 1. The molecule has 84 valence electrons. The van der Waals surface area contributed by atoms with Crippen LogP contribution in [0.3, 0.4) is 0 Å². The second kappa shape index (κ2) is 5.69. The normalized spacial score (nSPS) is 30.9. The minimum absolute atomic E-state index is 0.292. The van der Waals surface area contributed by atoms with E-state index >= 15 is 0 Å². The van der Waals surface area contributed by atoms with Crippen LogP contribution in [-0.4, -0.2) is 60.3 Å². The summed E-state index contributed by atoms with van der Waals surface area (Å²) in [5.74, 6) is 0. The van der Waals surface area contributed by atoms with E-state index in [1.165, 1.54) is 12.8 Å². The van der Waals surface area contributed by atoms with Gasteiger partial charge in [-0.1, -0.05) is 13.3 Å². The molecule has 0 aromatic heterocycles. The van der Waals surface area contributed by atoms with E-state index < -0.39 is 0 Å². The fraction of sp³-hybridized carbons (Fsp3) is 1.00. The predicted molar refractivity (Wildman–Crippen MR) is 59.4 cm³/mol. The SMILES string of the molecule is CCCCN1CC(C)N(C)CC1CO. The zero-order valence-corrected chi connectivity index (χ0v) is 9.74. The predicted octanol–water partition coefficient (Wildman–Crippen LogP) is 0.783. The number of rotatable bonds is 4. The summed E-state index contributed by atoms with van der Waals surface area (Å²) < 4.78 is 0. The first-order chi connectivity index (χ1) is 6.69. The molecule has 0 spiro atoms. The molecule has 1 saturated heterocycles. The Labute approximate surface area is 87.7 Å². The van der Waals surface area contributed by atoms with Crippen LogP contribution in [0.4, 0.5) is 0 Å². The van der Waals surface area contributed by atoms with Crippen LogP contribution in [0.15, 0.2) is 0 Å². The van der Waals surface area contributed by atoms with Crippen molar-refractivity contribution in [3.63, 3.8) is 0 Å². The Balaban J connectivity index is 2.45. The van der Waals surface area contributed by atoms with Crippen molar-refractivity contribution in [1.82, 2.24) is 9.80 Å². The van der Waals surface area contributed by atoms with Gasteiger partial charge in [0.15, 0.2) is 0 Å². The molecule has 0 saturated carbocycles. The fourth-order valence-electron chi connectivity index (χ4n) is 2.06. The van der Waals surface area contributed by atoms with Crippen LogP contribution in [-0.2, 0) is 0 Å². The summed E-state index contributed by atoms with van der Waals surface area (Å²) in [5.41, 5.74) is 0. The maximum atomic E-state index is 9.30. The third-order valence-electron chi connectivity index (χ3n) is 3.28. The van der Waals surface area contributed by atoms with E-state index in [4.69, 9.17) is 0 Å². The lowest BCUT2D eigenvalue weighted by molar-refractivity contribution is 0.0218. The van der Waals surface area contributed by atoms with Crippen molar-refractivity contribution in [3.8, 4) is 0 Å². The first-order valence-electron chi connectivity index (χ1n) is 5.74. The van der Waals surface area contributed by atoms with Gasteiger partial charge in [-0.25, -0.2) is 0 Å². The van der Waals surface area contributed by atoms with E-state index in [2.05, 4.69) is 30.7 Å². The molecule has 3 heteroatoms. The number of likely N-dealkylation sites (N-methyl/N-ethyl adjacent to an activating group) is 1. The molecule has 0 amide bonds. The van der Waals surface area contributed by atoms with E-state index in [-0.39, 0.29) is 0 Å². The molecule has 2 unspecified atom stereocenters. The van der Waals surface area contributed by atoms with Gasteiger partial charge in [-0.05, 0) is 26.9 Å². The minimum Gasteiger partial charge on any atom is -0.395 e. The van der Waals surface area contributed by atoms with Gasteiger partial charge < -0.3 is 10.0 Å². The standard InChI is InChI=1S/C11H24N2O/c1-4-5-6-13-7-10(2)12(3)8-11(13)9-14/h10-11,14H,4-9H2,1-3H3. The number of aliphatic hydroxyl groups is 1. The number of nitrogens with zero attached hydrogens (tertiary/aromatic N) is 2. The topological polar surface area (TPSA) is 26.7 Å². The number of piperazine rings is 1. The van der Waals surface area contributed by atoms with Crippen molar-refractivity contribution >= 4 is 0 Å². The quantitative estimate of drug-likeness (QED) is 0.726. The van der Waals surface area contributed by atoms with E-state index in [1.807, 2.05) is 0 Å². The highest BCUT2D eigenvalue weighted by Crippen LogP contribution is 2.13. The monoisotopic (exact) mass is 200 g/mol. The Morgan fingerprint density at radius 3 is 2.64 bits per heavy atom. The zero-order valence-electron chi connectivity index (χ0n) is 9.74. The summed E-state index contributed by atoms with van der Waals surface area (Å²) in [7, 11) is 2.14. The molecule has 1 N–H and O–H groups in total. The molecule has 0 bridgehead atoms. The van der Waals surface area contributed by atoms with Crippen LogP contribution in [0.1, 0.15) is 26.7 Å². The Kier molecular flexibility index (Phi) is 4.85. The minimum atomic E-state index is 0.292. The zero-order chi connectivity index (χ0) is 10.6. The molecule has 0 radical (unpaired) electrons. The highest BCUT2D eigenvalue weighted by molar-refractivity contribution is 4.84. The highest BCUT2D eigenvalue weighted by atomic mass is 16.3. The lowest BCUT2D eigenvalue weighted by Gasteiger charge is -2.43. The van der Waals surface area contributed by atoms with Crippen LogP contribution in [0.25, 0.3) is 0 Å². The molecule has 0 aromatic carbocycles. The number of hydrogen-bond acceptors (Lipinski definition) is 3. The van der Waals surface area contributed by atoms with Gasteiger partial charge in [0.25, 0.3) is 0 Å². The van der Waals surface area contributed by atoms with Crippen molar-refractivity contribution in [2.24, 2.45) is 0 Å². The molecule has 1 fully saturated rings. The van der Waals surface area contributed by atoms with E-state index in [0.29, 0.717) is 18.7 Å². The average Bonchev–Trinajstić information content (AvgIpc) is 2.19.